The molecule has 1 aliphatic carbocycles. The molecule has 5 heteroatoms. The van der Waals surface area contributed by atoms with Crippen LogP contribution in [-0.4, -0.2) is 28.3 Å². The van der Waals surface area contributed by atoms with Gasteiger partial charge in [0.05, 0.1) is 11.6 Å². The number of nitrogens with zero attached hydrogens (tertiary/aromatic N) is 1. The minimum atomic E-state index is -0.946. The minimum Gasteiger partial charge on any atom is -0.383 e. The Morgan fingerprint density at radius 1 is 1.25 bits per heavy atom. The zero-order chi connectivity index (χ0) is 16.8. The average molecular weight is 342 g/mol. The van der Waals surface area contributed by atoms with Gasteiger partial charge in [-0.3, -0.25) is 4.79 Å². The van der Waals surface area contributed by atoms with Crippen LogP contribution in [-0.2, 0) is 16.8 Å². The van der Waals surface area contributed by atoms with Gasteiger partial charge in [-0.2, -0.15) is 0 Å². The summed E-state index contributed by atoms with van der Waals surface area (Å²) in [5.41, 5.74) is 1.20. The van der Waals surface area contributed by atoms with Gasteiger partial charge >= 0.3 is 0 Å². The second-order valence-corrected chi connectivity index (χ2v) is 7.20. The van der Waals surface area contributed by atoms with E-state index in [1.807, 2.05) is 36.4 Å². The third-order valence-electron chi connectivity index (χ3n) is 4.35. The van der Waals surface area contributed by atoms with Crippen LogP contribution in [0.25, 0.3) is 0 Å². The number of aryl methyl sites for hydroxylation is 1. The predicted molar refractivity (Wildman–Crippen MR) is 95.9 cm³/mol. The van der Waals surface area contributed by atoms with Gasteiger partial charge in [0.15, 0.2) is 0 Å². The Kier molecular flexibility index (Phi) is 5.53. The predicted octanol–water partition coefficient (Wildman–Crippen LogP) is 2.90. The van der Waals surface area contributed by atoms with E-state index in [0.29, 0.717) is 18.6 Å². The molecule has 0 bridgehead atoms. The van der Waals surface area contributed by atoms with Crippen LogP contribution in [0, 0.1) is 0 Å². The van der Waals surface area contributed by atoms with Gasteiger partial charge in [-0.05, 0) is 42.5 Å². The molecule has 1 aromatic carbocycles. The van der Waals surface area contributed by atoms with E-state index in [9.17, 15) is 9.90 Å². The molecule has 126 valence electrons. The van der Waals surface area contributed by atoms with E-state index < -0.39 is 5.60 Å². The van der Waals surface area contributed by atoms with Crippen molar-refractivity contribution >= 4 is 17.7 Å². The Labute approximate surface area is 146 Å². The molecule has 2 N–H and O–H groups in total. The molecular weight excluding hydrogens is 320 g/mol. The van der Waals surface area contributed by atoms with Crippen molar-refractivity contribution in [3.8, 4) is 0 Å². The van der Waals surface area contributed by atoms with Crippen LogP contribution in [0.1, 0.15) is 30.4 Å². The molecular formula is C19H22N2O2S. The van der Waals surface area contributed by atoms with Crippen molar-refractivity contribution < 1.29 is 9.90 Å². The smallest absolute Gasteiger partial charge is 0.220 e. The molecule has 0 spiro atoms. The Bertz CT molecular complexity index is 693. The maximum atomic E-state index is 12.1. The molecule has 24 heavy (non-hydrogen) atoms. The van der Waals surface area contributed by atoms with Gasteiger partial charge in [0.1, 0.15) is 5.60 Å². The molecule has 0 saturated heterocycles. The van der Waals surface area contributed by atoms with E-state index in [0.717, 1.165) is 23.4 Å². The van der Waals surface area contributed by atoms with Crippen molar-refractivity contribution in [2.75, 3.05) is 12.3 Å². The summed E-state index contributed by atoms with van der Waals surface area (Å²) in [6.45, 7) is 0.275. The fraction of sp³-hybridized carbons (Fsp3) is 0.368. The number of nitrogens with one attached hydrogen (secondary N) is 1. The molecule has 1 heterocycles. The largest absolute Gasteiger partial charge is 0.383 e. The lowest BCUT2D eigenvalue weighted by atomic mass is 9.79. The quantitative estimate of drug-likeness (QED) is 0.793. The van der Waals surface area contributed by atoms with Gasteiger partial charge in [0.25, 0.3) is 0 Å². The summed E-state index contributed by atoms with van der Waals surface area (Å²) in [4.78, 5) is 16.3. The molecule has 0 radical (unpaired) electrons. The SMILES string of the molecule is O=C(CCSc1ccccn1)NCC1(O)CCCc2ccccc21. The molecule has 1 amide bonds. The number of hydrogen-bond acceptors (Lipinski definition) is 4. The summed E-state index contributed by atoms with van der Waals surface area (Å²) in [5.74, 6) is 0.646. The van der Waals surface area contributed by atoms with Crippen LogP contribution in [0.5, 0.6) is 0 Å². The number of hydrogen-bond donors (Lipinski definition) is 2. The average Bonchev–Trinajstić information content (AvgIpc) is 2.62. The first kappa shape index (κ1) is 17.0. The maximum Gasteiger partial charge on any atom is 0.220 e. The van der Waals surface area contributed by atoms with Crippen LogP contribution in [0.15, 0.2) is 53.7 Å². The van der Waals surface area contributed by atoms with E-state index in [4.69, 9.17) is 0 Å². The summed E-state index contributed by atoms with van der Waals surface area (Å²) in [5, 5.41) is 14.8. The number of amides is 1. The Morgan fingerprint density at radius 3 is 2.92 bits per heavy atom. The van der Waals surface area contributed by atoms with Crippen molar-refractivity contribution in [2.45, 2.75) is 36.3 Å². The van der Waals surface area contributed by atoms with Crippen molar-refractivity contribution in [2.24, 2.45) is 0 Å². The lowest BCUT2D eigenvalue weighted by Crippen LogP contribution is -2.43. The highest BCUT2D eigenvalue weighted by Crippen LogP contribution is 2.34. The standard InChI is InChI=1S/C19H22N2O2S/c22-17(10-13-24-18-9-3-4-12-20-18)21-14-19(23)11-5-7-15-6-1-2-8-16(15)19/h1-4,6,8-9,12,23H,5,7,10-11,13-14H2,(H,21,22). The molecule has 0 aliphatic heterocycles. The van der Waals surface area contributed by atoms with Crippen molar-refractivity contribution in [3.05, 3.63) is 59.8 Å². The zero-order valence-electron chi connectivity index (χ0n) is 13.6. The Balaban J connectivity index is 1.49. The number of carbonyl (C=O) groups is 1. The van der Waals surface area contributed by atoms with Crippen LogP contribution in [0.3, 0.4) is 0 Å². The van der Waals surface area contributed by atoms with Gasteiger partial charge in [0.2, 0.25) is 5.91 Å². The van der Waals surface area contributed by atoms with Crippen LogP contribution in [0.2, 0.25) is 0 Å². The van der Waals surface area contributed by atoms with Crippen LogP contribution in [0.4, 0.5) is 0 Å². The molecule has 1 aliphatic rings. The van der Waals surface area contributed by atoms with E-state index in [2.05, 4.69) is 16.4 Å². The van der Waals surface area contributed by atoms with Gasteiger partial charge < -0.3 is 10.4 Å². The zero-order valence-corrected chi connectivity index (χ0v) is 14.4. The van der Waals surface area contributed by atoms with Crippen molar-refractivity contribution in [3.63, 3.8) is 0 Å². The number of aromatic nitrogens is 1. The monoisotopic (exact) mass is 342 g/mol. The summed E-state index contributed by atoms with van der Waals surface area (Å²) in [6, 6.07) is 13.7. The number of carbonyl (C=O) groups excluding carboxylic acids is 1. The molecule has 2 aromatic rings. The summed E-state index contributed by atoms with van der Waals surface area (Å²) >= 11 is 1.56. The molecule has 0 saturated carbocycles. The first-order valence-corrected chi connectivity index (χ1v) is 9.27. The summed E-state index contributed by atoms with van der Waals surface area (Å²) in [6.07, 6.45) is 4.79. The van der Waals surface area contributed by atoms with E-state index in [1.54, 1.807) is 18.0 Å². The molecule has 4 nitrogen and oxygen atoms in total. The van der Waals surface area contributed by atoms with E-state index >= 15 is 0 Å². The van der Waals surface area contributed by atoms with Crippen LogP contribution < -0.4 is 5.32 Å². The third kappa shape index (κ3) is 4.16. The van der Waals surface area contributed by atoms with Gasteiger partial charge in [-0.1, -0.05) is 30.3 Å². The lowest BCUT2D eigenvalue weighted by molar-refractivity contribution is -0.122. The third-order valence-corrected chi connectivity index (χ3v) is 5.30. The Hall–Kier alpha value is -1.85. The highest BCUT2D eigenvalue weighted by Gasteiger charge is 2.34. The number of benzene rings is 1. The normalized spacial score (nSPS) is 19.5. The lowest BCUT2D eigenvalue weighted by Gasteiger charge is -2.34. The van der Waals surface area contributed by atoms with Gasteiger partial charge in [-0.25, -0.2) is 4.98 Å². The van der Waals surface area contributed by atoms with Gasteiger partial charge in [-0.15, -0.1) is 11.8 Å². The van der Waals surface area contributed by atoms with Gasteiger partial charge in [0, 0.05) is 18.4 Å². The number of thioether (sulfide) groups is 1. The fourth-order valence-electron chi connectivity index (χ4n) is 3.10. The number of fused-ring (bicyclic) bond motifs is 1. The molecule has 1 atom stereocenters. The van der Waals surface area contributed by atoms with Crippen molar-refractivity contribution in [1.82, 2.24) is 10.3 Å². The summed E-state index contributed by atoms with van der Waals surface area (Å²) < 4.78 is 0. The topological polar surface area (TPSA) is 62.2 Å². The summed E-state index contributed by atoms with van der Waals surface area (Å²) in [7, 11) is 0. The molecule has 0 fully saturated rings. The fourth-order valence-corrected chi connectivity index (χ4v) is 3.90. The molecule has 1 unspecified atom stereocenters. The second-order valence-electron chi connectivity index (χ2n) is 6.09. The first-order chi connectivity index (χ1) is 11.7. The maximum absolute atomic E-state index is 12.1. The molecule has 3 rings (SSSR count). The highest BCUT2D eigenvalue weighted by atomic mass is 32.2. The van der Waals surface area contributed by atoms with Crippen LogP contribution >= 0.6 is 11.8 Å². The number of aliphatic hydroxyl groups is 1. The van der Waals surface area contributed by atoms with E-state index in [1.165, 1.54) is 5.56 Å². The second kappa shape index (κ2) is 7.81. The number of pyridine rings is 1. The van der Waals surface area contributed by atoms with E-state index in [-0.39, 0.29) is 12.5 Å². The minimum absolute atomic E-state index is 0.0325. The number of rotatable bonds is 6. The highest BCUT2D eigenvalue weighted by molar-refractivity contribution is 7.99. The molecule has 1 aromatic heterocycles. The Morgan fingerprint density at radius 2 is 2.08 bits per heavy atom. The van der Waals surface area contributed by atoms with Crippen molar-refractivity contribution in [1.29, 1.82) is 0 Å². The first-order valence-electron chi connectivity index (χ1n) is 8.29.